The molecule has 1 saturated carbocycles. The van der Waals surface area contributed by atoms with Crippen LogP contribution in [0, 0.1) is 6.92 Å². The molecule has 1 aromatic carbocycles. The predicted octanol–water partition coefficient (Wildman–Crippen LogP) is 4.32. The lowest BCUT2D eigenvalue weighted by Crippen LogP contribution is -2.61. The third-order valence-corrected chi connectivity index (χ3v) is 6.57. The third kappa shape index (κ3) is 6.75. The average Bonchev–Trinajstić information content (AvgIpc) is 2.80. The van der Waals surface area contributed by atoms with Gasteiger partial charge in [0.1, 0.15) is 6.10 Å². The molecule has 2 heterocycles. The first-order valence-corrected chi connectivity index (χ1v) is 11.9. The molecule has 9 heteroatoms. The molecule has 1 aliphatic carbocycles. The molecule has 0 unspecified atom stereocenters. The van der Waals surface area contributed by atoms with E-state index in [-0.39, 0.29) is 24.3 Å². The van der Waals surface area contributed by atoms with Crippen molar-refractivity contribution in [1.82, 2.24) is 20.5 Å². The summed E-state index contributed by atoms with van der Waals surface area (Å²) in [4.78, 5) is 19.0. The fourth-order valence-corrected chi connectivity index (χ4v) is 4.64. The quantitative estimate of drug-likeness (QED) is 0.580. The van der Waals surface area contributed by atoms with Crippen LogP contribution in [-0.2, 0) is 6.18 Å². The van der Waals surface area contributed by atoms with Crippen molar-refractivity contribution < 1.29 is 22.7 Å². The van der Waals surface area contributed by atoms with E-state index in [4.69, 9.17) is 4.74 Å². The monoisotopic (exact) mass is 488 g/mol. The third-order valence-electron chi connectivity index (χ3n) is 6.57. The summed E-state index contributed by atoms with van der Waals surface area (Å²) >= 11 is 0. The molecule has 35 heavy (non-hydrogen) atoms. The van der Waals surface area contributed by atoms with Crippen LogP contribution < -0.4 is 15.4 Å². The van der Waals surface area contributed by atoms with Crippen molar-refractivity contribution in [3.8, 4) is 5.88 Å². The van der Waals surface area contributed by atoms with Crippen LogP contribution >= 0.6 is 0 Å². The number of nitrogens with one attached hydrogen (secondary N) is 2. The fraction of sp³-hybridized carbons (Fsp3) is 0.462. The van der Waals surface area contributed by atoms with Crippen LogP contribution in [0.2, 0.25) is 0 Å². The number of hydrogen-bond donors (Lipinski definition) is 2. The van der Waals surface area contributed by atoms with Gasteiger partial charge in [-0.1, -0.05) is 12.6 Å². The molecule has 0 atom stereocenters. The van der Waals surface area contributed by atoms with Crippen molar-refractivity contribution in [2.24, 2.45) is 0 Å². The highest BCUT2D eigenvalue weighted by atomic mass is 19.4. The molecule has 6 nitrogen and oxygen atoms in total. The van der Waals surface area contributed by atoms with Crippen molar-refractivity contribution in [3.63, 3.8) is 0 Å². The van der Waals surface area contributed by atoms with Gasteiger partial charge in [0.15, 0.2) is 0 Å². The van der Waals surface area contributed by atoms with Crippen LogP contribution in [0.1, 0.15) is 47.2 Å². The molecule has 4 rings (SSSR count). The number of aryl methyl sites for hydroxylation is 1. The Morgan fingerprint density at radius 2 is 1.91 bits per heavy atom. The second-order valence-corrected chi connectivity index (χ2v) is 9.38. The van der Waals surface area contributed by atoms with E-state index in [1.165, 1.54) is 12.1 Å². The Balaban J connectivity index is 1.14. The minimum atomic E-state index is -4.48. The summed E-state index contributed by atoms with van der Waals surface area (Å²) in [5.41, 5.74) is 0.904. The molecule has 2 fully saturated rings. The number of pyridine rings is 1. The van der Waals surface area contributed by atoms with Crippen LogP contribution in [-0.4, -0.2) is 53.6 Å². The maximum atomic E-state index is 12.9. The number of carbonyl (C=O) groups excluding carboxylic acids is 1. The Kier molecular flexibility index (Phi) is 7.64. The van der Waals surface area contributed by atoms with Gasteiger partial charge in [-0.15, -0.1) is 0 Å². The average molecular weight is 489 g/mol. The van der Waals surface area contributed by atoms with Crippen molar-refractivity contribution in [2.75, 3.05) is 19.6 Å². The zero-order valence-electron chi connectivity index (χ0n) is 19.8. The van der Waals surface area contributed by atoms with Crippen molar-refractivity contribution in [1.29, 1.82) is 0 Å². The number of nitrogens with zero attached hydrogens (tertiary/aromatic N) is 2. The zero-order chi connectivity index (χ0) is 25.0. The van der Waals surface area contributed by atoms with Gasteiger partial charge in [-0.25, -0.2) is 4.98 Å². The number of carbonyl (C=O) groups is 1. The highest BCUT2D eigenvalue weighted by Crippen LogP contribution is 2.30. The van der Waals surface area contributed by atoms with Crippen molar-refractivity contribution in [2.45, 2.75) is 57.0 Å². The van der Waals surface area contributed by atoms with Gasteiger partial charge < -0.3 is 15.4 Å². The van der Waals surface area contributed by atoms with Crippen LogP contribution in [0.15, 0.2) is 54.9 Å². The Hall–Kier alpha value is -3.07. The number of amides is 1. The van der Waals surface area contributed by atoms with E-state index in [1.807, 2.05) is 19.1 Å². The summed E-state index contributed by atoms with van der Waals surface area (Å²) in [6.07, 6.45) is 1.66. The van der Waals surface area contributed by atoms with E-state index < -0.39 is 17.6 Å². The lowest BCUT2D eigenvalue weighted by Gasteiger charge is -2.47. The topological polar surface area (TPSA) is 66.5 Å². The number of alkyl halides is 3. The number of rotatable bonds is 8. The van der Waals surface area contributed by atoms with E-state index in [2.05, 4.69) is 27.1 Å². The fourth-order valence-electron chi connectivity index (χ4n) is 4.64. The standard InChI is InChI=1S/C26H31F3N4O2/c1-17-10-11-30-24(12-17)35-23-8-6-22(7-9-23)33-15-21(16-33)32-18(2)14-31-25(34)19-4-3-5-20(13-19)26(27,28)29/h3-5,10-13,21-23,32H,2,6-9,14-16H2,1H3,(H,31,34). The van der Waals surface area contributed by atoms with Gasteiger partial charge in [0, 0.05) is 42.7 Å². The molecule has 2 aromatic rings. The van der Waals surface area contributed by atoms with Crippen LogP contribution in [0.3, 0.4) is 0 Å². The summed E-state index contributed by atoms with van der Waals surface area (Å²) < 4.78 is 44.6. The summed E-state index contributed by atoms with van der Waals surface area (Å²) in [5, 5.41) is 5.94. The molecule has 188 valence electrons. The summed E-state index contributed by atoms with van der Waals surface area (Å²) in [6, 6.07) is 9.09. The van der Waals surface area contributed by atoms with Crippen molar-refractivity contribution in [3.05, 3.63) is 71.6 Å². The highest BCUT2D eigenvalue weighted by molar-refractivity contribution is 5.94. The normalized spacial score (nSPS) is 21.1. The van der Waals surface area contributed by atoms with Crippen LogP contribution in [0.5, 0.6) is 5.88 Å². The first kappa shape index (κ1) is 25.0. The van der Waals surface area contributed by atoms with E-state index >= 15 is 0 Å². The molecular formula is C26H31F3N4O2. The minimum absolute atomic E-state index is 0.0276. The molecule has 0 bridgehead atoms. The highest BCUT2D eigenvalue weighted by Gasteiger charge is 2.35. The largest absolute Gasteiger partial charge is 0.474 e. The molecule has 1 aromatic heterocycles. The molecule has 1 aliphatic heterocycles. The van der Waals surface area contributed by atoms with Gasteiger partial charge in [0.25, 0.3) is 5.91 Å². The van der Waals surface area contributed by atoms with Gasteiger partial charge in [0.2, 0.25) is 5.88 Å². The second-order valence-electron chi connectivity index (χ2n) is 9.38. The smallest absolute Gasteiger partial charge is 0.416 e. The molecule has 0 radical (unpaired) electrons. The zero-order valence-corrected chi connectivity index (χ0v) is 19.8. The minimum Gasteiger partial charge on any atom is -0.474 e. The van der Waals surface area contributed by atoms with Gasteiger partial charge >= 0.3 is 6.18 Å². The Labute approximate surface area is 203 Å². The van der Waals surface area contributed by atoms with Crippen LogP contribution in [0.4, 0.5) is 13.2 Å². The first-order valence-electron chi connectivity index (χ1n) is 11.9. The number of halogens is 3. The van der Waals surface area contributed by atoms with Gasteiger partial charge in [-0.2, -0.15) is 13.2 Å². The lowest BCUT2D eigenvalue weighted by atomic mass is 9.89. The van der Waals surface area contributed by atoms with Crippen LogP contribution in [0.25, 0.3) is 0 Å². The summed E-state index contributed by atoms with van der Waals surface area (Å²) in [5.74, 6) is 0.134. The van der Waals surface area contributed by atoms with E-state index in [0.717, 1.165) is 56.5 Å². The maximum Gasteiger partial charge on any atom is 0.416 e. The Morgan fingerprint density at radius 1 is 1.17 bits per heavy atom. The number of likely N-dealkylation sites (tertiary alicyclic amines) is 1. The van der Waals surface area contributed by atoms with Gasteiger partial charge in [-0.05, 0) is 62.4 Å². The van der Waals surface area contributed by atoms with Crippen molar-refractivity contribution >= 4 is 5.91 Å². The molecule has 2 aliphatic rings. The molecular weight excluding hydrogens is 457 g/mol. The lowest BCUT2D eigenvalue weighted by molar-refractivity contribution is -0.137. The predicted molar refractivity (Wildman–Crippen MR) is 127 cm³/mol. The Bertz CT molecular complexity index is 1040. The molecule has 0 spiro atoms. The van der Waals surface area contributed by atoms with E-state index in [9.17, 15) is 18.0 Å². The number of benzene rings is 1. The first-order chi connectivity index (χ1) is 16.7. The van der Waals surface area contributed by atoms with Gasteiger partial charge in [-0.3, -0.25) is 9.69 Å². The second kappa shape index (κ2) is 10.7. The molecule has 2 N–H and O–H groups in total. The number of aromatic nitrogens is 1. The Morgan fingerprint density at radius 3 is 2.60 bits per heavy atom. The molecule has 1 saturated heterocycles. The molecule has 1 amide bonds. The SMILES string of the molecule is C=C(CNC(=O)c1cccc(C(F)(F)F)c1)NC1CN(C2CCC(Oc3cc(C)ccn3)CC2)C1. The summed E-state index contributed by atoms with van der Waals surface area (Å²) in [6.45, 7) is 7.92. The number of ether oxygens (including phenoxy) is 1. The van der Waals surface area contributed by atoms with E-state index in [0.29, 0.717) is 17.6 Å². The van der Waals surface area contributed by atoms with E-state index in [1.54, 1.807) is 6.20 Å². The summed E-state index contributed by atoms with van der Waals surface area (Å²) in [7, 11) is 0. The maximum absolute atomic E-state index is 12.9. The number of hydrogen-bond acceptors (Lipinski definition) is 5. The van der Waals surface area contributed by atoms with Gasteiger partial charge in [0.05, 0.1) is 18.2 Å².